The third-order valence-electron chi connectivity index (χ3n) is 8.11. The SMILES string of the molecule is CCCCC(CC)C(=O)O.CCCCC(CC)[CH2][Sn]([CH2]C(CC)CCCC)[CH2]C(CC)CCCC. The molecule has 0 aromatic heterocycles. The monoisotopic (exact) mass is 603 g/mol. The summed E-state index contributed by atoms with van der Waals surface area (Å²) in [5, 5.41) is 8.60. The van der Waals surface area contributed by atoms with E-state index in [0.717, 1.165) is 43.4 Å². The molecule has 0 spiro atoms. The first-order valence-corrected chi connectivity index (χ1v) is 22.0. The number of hydrogen-bond acceptors (Lipinski definition) is 1. The third-order valence-corrected chi connectivity index (χ3v) is 18.0. The first kappa shape index (κ1) is 37.4. The summed E-state index contributed by atoms with van der Waals surface area (Å²) >= 11 is -1.25. The fraction of sp³-hybridized carbons (Fsp3) is 0.969. The van der Waals surface area contributed by atoms with Gasteiger partial charge in [-0.15, -0.1) is 0 Å². The average Bonchev–Trinajstić information content (AvgIpc) is 2.86. The molecule has 0 saturated heterocycles. The first-order valence-electron chi connectivity index (χ1n) is 15.9. The molecule has 0 aliphatic carbocycles. The van der Waals surface area contributed by atoms with E-state index in [1.54, 1.807) is 13.3 Å². The van der Waals surface area contributed by atoms with E-state index in [1.165, 1.54) is 77.0 Å². The Balaban J connectivity index is 0. The molecule has 0 bridgehead atoms. The molecule has 3 heteroatoms. The van der Waals surface area contributed by atoms with Gasteiger partial charge in [-0.1, -0.05) is 26.7 Å². The second-order valence-electron chi connectivity index (χ2n) is 11.2. The molecule has 1 radical (unpaired) electrons. The van der Waals surface area contributed by atoms with Gasteiger partial charge in [0.15, 0.2) is 0 Å². The van der Waals surface area contributed by atoms with Crippen molar-refractivity contribution in [2.24, 2.45) is 23.7 Å². The molecule has 35 heavy (non-hydrogen) atoms. The molecule has 2 nitrogen and oxygen atoms in total. The van der Waals surface area contributed by atoms with Crippen molar-refractivity contribution in [3.05, 3.63) is 0 Å². The zero-order valence-corrected chi connectivity index (χ0v) is 28.5. The normalized spacial score (nSPS) is 14.8. The Morgan fingerprint density at radius 2 is 0.857 bits per heavy atom. The van der Waals surface area contributed by atoms with Crippen molar-refractivity contribution in [1.29, 1.82) is 0 Å². The molecule has 0 aromatic rings. The van der Waals surface area contributed by atoms with Crippen LogP contribution in [-0.2, 0) is 4.79 Å². The van der Waals surface area contributed by atoms with E-state index in [9.17, 15) is 4.79 Å². The Morgan fingerprint density at radius 3 is 1.09 bits per heavy atom. The van der Waals surface area contributed by atoms with Crippen molar-refractivity contribution in [2.45, 2.75) is 171 Å². The number of carboxylic acid groups (broad SMARTS) is 1. The van der Waals surface area contributed by atoms with Crippen LogP contribution in [0, 0.1) is 23.7 Å². The number of carbonyl (C=O) groups is 1. The van der Waals surface area contributed by atoms with Crippen LogP contribution < -0.4 is 0 Å². The second-order valence-corrected chi connectivity index (χ2v) is 19.0. The van der Waals surface area contributed by atoms with Crippen molar-refractivity contribution >= 4 is 25.7 Å². The van der Waals surface area contributed by atoms with Crippen LogP contribution in [0.3, 0.4) is 0 Å². The maximum absolute atomic E-state index is 10.4. The fourth-order valence-corrected chi connectivity index (χ4v) is 17.9. The van der Waals surface area contributed by atoms with Crippen LogP contribution in [0.4, 0.5) is 0 Å². The molecule has 0 aromatic carbocycles. The van der Waals surface area contributed by atoms with Crippen molar-refractivity contribution in [3.8, 4) is 0 Å². The van der Waals surface area contributed by atoms with E-state index >= 15 is 0 Å². The van der Waals surface area contributed by atoms with Gasteiger partial charge in [-0.2, -0.15) is 0 Å². The van der Waals surface area contributed by atoms with Crippen LogP contribution in [-0.4, -0.2) is 30.8 Å². The Labute approximate surface area is 229 Å². The van der Waals surface area contributed by atoms with Gasteiger partial charge in [-0.25, -0.2) is 0 Å². The fourth-order valence-electron chi connectivity index (χ4n) is 5.26. The van der Waals surface area contributed by atoms with Gasteiger partial charge in [-0.3, -0.25) is 4.79 Å². The van der Waals surface area contributed by atoms with Crippen molar-refractivity contribution in [1.82, 2.24) is 0 Å². The number of rotatable bonds is 23. The number of unbranched alkanes of at least 4 members (excludes halogenated alkanes) is 4. The molecule has 0 amide bonds. The van der Waals surface area contributed by atoms with E-state index < -0.39 is 25.7 Å². The summed E-state index contributed by atoms with van der Waals surface area (Å²) in [6.45, 7) is 18.5. The summed E-state index contributed by atoms with van der Waals surface area (Å²) in [7, 11) is 0. The average molecular weight is 603 g/mol. The summed E-state index contributed by atoms with van der Waals surface area (Å²) in [6, 6.07) is 0. The minimum absolute atomic E-state index is 0.111. The van der Waals surface area contributed by atoms with E-state index in [4.69, 9.17) is 5.11 Å². The zero-order chi connectivity index (χ0) is 26.9. The van der Waals surface area contributed by atoms with Gasteiger partial charge in [0.1, 0.15) is 0 Å². The molecule has 1 N–H and O–H groups in total. The Hall–Kier alpha value is 0.269. The van der Waals surface area contributed by atoms with E-state index in [0.29, 0.717) is 0 Å². The van der Waals surface area contributed by atoms with Crippen LogP contribution in [0.15, 0.2) is 0 Å². The molecule has 4 unspecified atom stereocenters. The second kappa shape index (κ2) is 27.3. The summed E-state index contributed by atoms with van der Waals surface area (Å²) in [5.74, 6) is 2.46. The molecule has 0 heterocycles. The predicted molar refractivity (Wildman–Crippen MR) is 161 cm³/mol. The zero-order valence-electron chi connectivity index (χ0n) is 25.6. The molecular formula is C32H67O2Sn. The van der Waals surface area contributed by atoms with Crippen LogP contribution in [0.25, 0.3) is 0 Å². The topological polar surface area (TPSA) is 37.3 Å². The van der Waals surface area contributed by atoms with Crippen LogP contribution in [0.1, 0.15) is 158 Å². The van der Waals surface area contributed by atoms with Crippen LogP contribution in [0.2, 0.25) is 13.3 Å². The Bertz CT molecular complexity index is 396. The Kier molecular flexibility index (Phi) is 29.2. The summed E-state index contributed by atoms with van der Waals surface area (Å²) < 4.78 is 5.14. The van der Waals surface area contributed by atoms with E-state index in [1.807, 2.05) is 6.92 Å². The summed E-state index contributed by atoms with van der Waals surface area (Å²) in [6.07, 6.45) is 21.2. The van der Waals surface area contributed by atoms with E-state index in [-0.39, 0.29) is 5.92 Å². The van der Waals surface area contributed by atoms with Crippen molar-refractivity contribution in [2.75, 3.05) is 0 Å². The molecule has 0 fully saturated rings. The summed E-state index contributed by atoms with van der Waals surface area (Å²) in [4.78, 5) is 10.4. The van der Waals surface area contributed by atoms with Gasteiger partial charge >= 0.3 is 175 Å². The molecule has 4 atom stereocenters. The standard InChI is InChI=1S/C8H16O2.3C8H17.Sn/c1-3-5-6-7(4-2)8(9)10;3*1-4-6-7-8(3)5-2;/h7H,3-6H2,1-2H3,(H,9,10);3*8H,3-7H2,1-2H3;. The van der Waals surface area contributed by atoms with Gasteiger partial charge in [0, 0.05) is 0 Å². The first-order chi connectivity index (χ1) is 16.9. The molecule has 0 rings (SSSR count). The molecule has 211 valence electrons. The van der Waals surface area contributed by atoms with E-state index in [2.05, 4.69) is 48.5 Å². The Morgan fingerprint density at radius 1 is 0.543 bits per heavy atom. The van der Waals surface area contributed by atoms with Gasteiger partial charge in [0.25, 0.3) is 0 Å². The van der Waals surface area contributed by atoms with Crippen molar-refractivity contribution < 1.29 is 9.90 Å². The molecule has 0 aliphatic heterocycles. The van der Waals surface area contributed by atoms with Crippen LogP contribution in [0.5, 0.6) is 0 Å². The minimum atomic E-state index is -1.25. The van der Waals surface area contributed by atoms with Crippen molar-refractivity contribution in [3.63, 3.8) is 0 Å². The van der Waals surface area contributed by atoms with Gasteiger partial charge in [0.2, 0.25) is 0 Å². The van der Waals surface area contributed by atoms with Gasteiger partial charge in [0.05, 0.1) is 5.92 Å². The third kappa shape index (κ3) is 22.0. The summed E-state index contributed by atoms with van der Waals surface area (Å²) in [5.41, 5.74) is 0. The number of hydrogen-bond donors (Lipinski definition) is 1. The number of carboxylic acids is 1. The molecule has 0 saturated carbocycles. The predicted octanol–water partition coefficient (Wildman–Crippen LogP) is 11.4. The maximum atomic E-state index is 10.4. The molecular weight excluding hydrogens is 535 g/mol. The molecule has 0 aliphatic rings. The number of aliphatic carboxylic acids is 1. The van der Waals surface area contributed by atoms with Gasteiger partial charge in [-0.05, 0) is 12.8 Å². The van der Waals surface area contributed by atoms with Crippen LogP contribution >= 0.6 is 0 Å². The quantitative estimate of drug-likeness (QED) is 0.118. The van der Waals surface area contributed by atoms with Gasteiger partial charge < -0.3 is 5.11 Å².